The van der Waals surface area contributed by atoms with Gasteiger partial charge in [0, 0.05) is 5.57 Å². The molecular formula is C28H34O3. The van der Waals surface area contributed by atoms with E-state index in [0.717, 1.165) is 11.1 Å². The van der Waals surface area contributed by atoms with E-state index in [2.05, 4.69) is 44.2 Å². The summed E-state index contributed by atoms with van der Waals surface area (Å²) in [6.45, 7) is 10.1. The van der Waals surface area contributed by atoms with Gasteiger partial charge in [-0.25, -0.2) is 4.79 Å². The molecule has 0 saturated heterocycles. The van der Waals surface area contributed by atoms with E-state index in [1.54, 1.807) is 19.9 Å². The third-order valence-electron chi connectivity index (χ3n) is 4.24. The molecule has 31 heavy (non-hydrogen) atoms. The third kappa shape index (κ3) is 11.6. The highest BCUT2D eigenvalue weighted by molar-refractivity contribution is 5.88. The van der Waals surface area contributed by atoms with Crippen LogP contribution in [0.15, 0.2) is 84.0 Å². The molecule has 0 aliphatic heterocycles. The lowest BCUT2D eigenvalue weighted by molar-refractivity contribution is -0.138. The first-order valence-electron chi connectivity index (χ1n) is 10.5. The zero-order valence-electron chi connectivity index (χ0n) is 19.3. The van der Waals surface area contributed by atoms with Crippen LogP contribution in [0.25, 0.3) is 12.2 Å². The first-order valence-corrected chi connectivity index (χ1v) is 10.5. The van der Waals surface area contributed by atoms with Crippen molar-refractivity contribution in [3.05, 3.63) is 106 Å². The second-order valence-corrected chi connectivity index (χ2v) is 7.29. The molecule has 1 N–H and O–H groups in total. The van der Waals surface area contributed by atoms with Gasteiger partial charge in [0.1, 0.15) is 0 Å². The molecule has 2 aromatic rings. The zero-order valence-corrected chi connectivity index (χ0v) is 19.3. The van der Waals surface area contributed by atoms with Gasteiger partial charge in [-0.3, -0.25) is 0 Å². The monoisotopic (exact) mass is 418 g/mol. The Morgan fingerprint density at radius 2 is 1.42 bits per heavy atom. The van der Waals surface area contributed by atoms with Gasteiger partial charge in [0.15, 0.2) is 0 Å². The number of carbonyl (C=O) groups excluding carboxylic acids is 1. The molecule has 0 saturated carbocycles. The van der Waals surface area contributed by atoms with Gasteiger partial charge in [-0.1, -0.05) is 96.1 Å². The first-order chi connectivity index (χ1) is 14.8. The Morgan fingerprint density at radius 3 is 1.87 bits per heavy atom. The van der Waals surface area contributed by atoms with Crippen LogP contribution < -0.4 is 0 Å². The summed E-state index contributed by atoms with van der Waals surface area (Å²) >= 11 is 0. The third-order valence-corrected chi connectivity index (χ3v) is 4.24. The van der Waals surface area contributed by atoms with Crippen LogP contribution >= 0.6 is 0 Å². The Hall–Kier alpha value is -3.17. The highest BCUT2D eigenvalue weighted by Crippen LogP contribution is 2.07. The first kappa shape index (κ1) is 25.9. The largest absolute Gasteiger partial charge is 0.463 e. The Balaban J connectivity index is 0.000000316. The molecular weight excluding hydrogens is 384 g/mol. The van der Waals surface area contributed by atoms with E-state index in [-0.39, 0.29) is 12.6 Å². The van der Waals surface area contributed by atoms with E-state index >= 15 is 0 Å². The smallest absolute Gasteiger partial charge is 0.333 e. The average molecular weight is 419 g/mol. The molecule has 0 fully saturated rings. The fraction of sp³-hybridized carbons (Fsp3) is 0.250. The van der Waals surface area contributed by atoms with Crippen LogP contribution in [-0.4, -0.2) is 24.3 Å². The molecule has 0 aliphatic carbocycles. The molecule has 0 radical (unpaired) electrons. The summed E-state index contributed by atoms with van der Waals surface area (Å²) in [5.41, 5.74) is 6.36. The number of esters is 1. The van der Waals surface area contributed by atoms with Gasteiger partial charge in [-0.15, -0.1) is 0 Å². The average Bonchev–Trinajstić information content (AvgIpc) is 2.74. The fourth-order valence-electron chi connectivity index (χ4n) is 2.54. The molecule has 3 nitrogen and oxygen atoms in total. The lowest BCUT2D eigenvalue weighted by Crippen LogP contribution is -2.04. The Bertz CT molecular complexity index is 946. The molecule has 2 rings (SSSR count). The van der Waals surface area contributed by atoms with E-state index in [9.17, 15) is 4.79 Å². The number of aliphatic hydroxyl groups excluding tert-OH is 1. The van der Waals surface area contributed by atoms with Gasteiger partial charge in [0.25, 0.3) is 0 Å². The number of aliphatic hydroxyl groups is 1. The van der Waals surface area contributed by atoms with Gasteiger partial charge in [-0.2, -0.15) is 0 Å². The predicted molar refractivity (Wildman–Crippen MR) is 132 cm³/mol. The Labute approximate surface area is 187 Å². The second kappa shape index (κ2) is 14.8. The maximum Gasteiger partial charge on any atom is 0.333 e. The van der Waals surface area contributed by atoms with E-state index in [1.165, 1.54) is 16.7 Å². The van der Waals surface area contributed by atoms with Gasteiger partial charge in [0.05, 0.1) is 13.2 Å². The maximum atomic E-state index is 11.3. The molecule has 0 amide bonds. The highest BCUT2D eigenvalue weighted by Gasteiger charge is 2.01. The van der Waals surface area contributed by atoms with Crippen molar-refractivity contribution in [2.75, 3.05) is 13.2 Å². The summed E-state index contributed by atoms with van der Waals surface area (Å²) in [6, 6.07) is 16.5. The van der Waals surface area contributed by atoms with Crippen LogP contribution in [0.5, 0.6) is 0 Å². The number of hydrogen-bond acceptors (Lipinski definition) is 3. The normalized spacial score (nSPS) is 12.1. The molecule has 0 atom stereocenters. The molecule has 0 aliphatic rings. The van der Waals surface area contributed by atoms with Crippen LogP contribution in [0, 0.1) is 13.8 Å². The van der Waals surface area contributed by atoms with Crippen molar-refractivity contribution in [2.45, 2.75) is 34.6 Å². The van der Waals surface area contributed by atoms with Crippen LogP contribution in [0.2, 0.25) is 0 Å². The van der Waals surface area contributed by atoms with Crippen LogP contribution in [0.3, 0.4) is 0 Å². The summed E-state index contributed by atoms with van der Waals surface area (Å²) < 4.78 is 4.88. The molecule has 0 spiro atoms. The SMILES string of the molecule is C/C(=C\C=C\c1cccc(C)c1)CO.CCOC(=O)/C(C)=C/C=C/c1cccc(C)c1. The molecule has 164 valence electrons. The van der Waals surface area contributed by atoms with Crippen molar-refractivity contribution in [1.29, 1.82) is 0 Å². The molecule has 2 aromatic carbocycles. The number of ether oxygens (including phenoxy) is 1. The van der Waals surface area contributed by atoms with Gasteiger partial charge < -0.3 is 9.84 Å². The Kier molecular flexibility index (Phi) is 12.3. The topological polar surface area (TPSA) is 46.5 Å². The fourth-order valence-corrected chi connectivity index (χ4v) is 2.54. The lowest BCUT2D eigenvalue weighted by Gasteiger charge is -1.99. The van der Waals surface area contributed by atoms with E-state index in [1.807, 2.05) is 55.5 Å². The van der Waals surface area contributed by atoms with Crippen molar-refractivity contribution < 1.29 is 14.6 Å². The summed E-state index contributed by atoms with van der Waals surface area (Å²) in [7, 11) is 0. The van der Waals surface area contributed by atoms with Crippen molar-refractivity contribution in [3.8, 4) is 0 Å². The molecule has 0 heterocycles. The quantitative estimate of drug-likeness (QED) is 0.319. The number of benzene rings is 2. The van der Waals surface area contributed by atoms with E-state index in [4.69, 9.17) is 9.84 Å². The number of carbonyl (C=O) groups is 1. The van der Waals surface area contributed by atoms with Gasteiger partial charge >= 0.3 is 5.97 Å². The van der Waals surface area contributed by atoms with Crippen molar-refractivity contribution in [1.82, 2.24) is 0 Å². The van der Waals surface area contributed by atoms with Crippen LogP contribution in [-0.2, 0) is 9.53 Å². The number of hydrogen-bond donors (Lipinski definition) is 1. The number of rotatable bonds is 7. The predicted octanol–water partition coefficient (Wildman–Crippen LogP) is 6.46. The summed E-state index contributed by atoms with van der Waals surface area (Å²) in [5, 5.41) is 8.77. The van der Waals surface area contributed by atoms with Crippen molar-refractivity contribution >= 4 is 18.1 Å². The van der Waals surface area contributed by atoms with Gasteiger partial charge in [0.2, 0.25) is 0 Å². The highest BCUT2D eigenvalue weighted by atomic mass is 16.5. The molecule has 0 unspecified atom stereocenters. The summed E-state index contributed by atoms with van der Waals surface area (Å²) in [5.74, 6) is -0.263. The van der Waals surface area contributed by atoms with Gasteiger partial charge in [-0.05, 0) is 51.3 Å². The molecule has 3 heteroatoms. The summed E-state index contributed by atoms with van der Waals surface area (Å²) in [6.07, 6.45) is 11.5. The van der Waals surface area contributed by atoms with E-state index in [0.29, 0.717) is 12.2 Å². The van der Waals surface area contributed by atoms with Crippen LogP contribution in [0.4, 0.5) is 0 Å². The number of allylic oxidation sites excluding steroid dienone is 4. The maximum absolute atomic E-state index is 11.3. The van der Waals surface area contributed by atoms with E-state index < -0.39 is 0 Å². The minimum absolute atomic E-state index is 0.123. The Morgan fingerprint density at radius 1 is 0.903 bits per heavy atom. The summed E-state index contributed by atoms with van der Waals surface area (Å²) in [4.78, 5) is 11.3. The molecule has 0 bridgehead atoms. The van der Waals surface area contributed by atoms with Crippen molar-refractivity contribution in [2.24, 2.45) is 0 Å². The minimum atomic E-state index is -0.263. The van der Waals surface area contributed by atoms with Crippen LogP contribution in [0.1, 0.15) is 43.0 Å². The standard InChI is InChI=1S/C15H18O2.C13H16O/c1-4-17-15(16)13(3)8-6-10-14-9-5-7-12(2)11-14;1-11-5-3-7-13(9-11)8-4-6-12(2)10-14/h5-11H,4H2,1-3H3;3-9,14H,10H2,1-2H3/b10-6+,13-8+;8-4+,12-6+. The minimum Gasteiger partial charge on any atom is -0.463 e. The zero-order chi connectivity index (χ0) is 23.1. The second-order valence-electron chi connectivity index (χ2n) is 7.29. The van der Waals surface area contributed by atoms with Crippen molar-refractivity contribution in [3.63, 3.8) is 0 Å². The lowest BCUT2D eigenvalue weighted by atomic mass is 10.1. The molecule has 0 aromatic heterocycles. The number of aryl methyl sites for hydroxylation is 2.